The Kier molecular flexibility index (Phi) is 12.1. The van der Waals surface area contributed by atoms with Crippen LogP contribution < -0.4 is 19.1 Å². The van der Waals surface area contributed by atoms with Crippen LogP contribution >= 0.6 is 11.6 Å². The minimum atomic E-state index is -4.22. The van der Waals surface area contributed by atoms with Crippen LogP contribution in [0.1, 0.15) is 38.7 Å². The quantitative estimate of drug-likeness (QED) is 0.233. The van der Waals surface area contributed by atoms with Crippen LogP contribution in [0.2, 0.25) is 5.02 Å². The highest BCUT2D eigenvalue weighted by molar-refractivity contribution is 7.92. The molecule has 0 unspecified atom stereocenters. The number of nitrogens with one attached hydrogen (secondary N) is 1. The number of methoxy groups -OCH3 is 2. The van der Waals surface area contributed by atoms with Gasteiger partial charge in [0.2, 0.25) is 11.8 Å². The molecular formula is C31H38ClN3O6S. The molecule has 3 aromatic rings. The standard InChI is InChI=1S/C31H38ClN3O6S/c1-5-7-19-33-31(37)29(6-2)34(21-23-11-13-26(40-3)14-12-23)30(36)22-35(25-10-8-9-24(32)20-25)42(38,39)28-17-15-27(41-4)16-18-28/h8-18,20,29H,5-7,19,21-22H2,1-4H3,(H,33,37)/t29-/m1/s1. The lowest BCUT2D eigenvalue weighted by atomic mass is 10.1. The number of anilines is 1. The summed E-state index contributed by atoms with van der Waals surface area (Å²) in [4.78, 5) is 28.8. The summed E-state index contributed by atoms with van der Waals surface area (Å²) >= 11 is 6.23. The molecular weight excluding hydrogens is 578 g/mol. The number of carbonyl (C=O) groups excluding carboxylic acids is 2. The minimum absolute atomic E-state index is 0.0258. The van der Waals surface area contributed by atoms with Crippen molar-refractivity contribution in [2.45, 2.75) is 50.6 Å². The van der Waals surface area contributed by atoms with Crippen molar-refractivity contribution >= 4 is 39.1 Å². The molecule has 0 fully saturated rings. The highest BCUT2D eigenvalue weighted by Gasteiger charge is 2.33. The molecule has 0 radical (unpaired) electrons. The van der Waals surface area contributed by atoms with Gasteiger partial charge in [-0.3, -0.25) is 13.9 Å². The van der Waals surface area contributed by atoms with E-state index in [0.29, 0.717) is 29.5 Å². The lowest BCUT2D eigenvalue weighted by molar-refractivity contribution is -0.140. The molecule has 3 aromatic carbocycles. The molecule has 0 aliphatic heterocycles. The second kappa shape index (κ2) is 15.5. The fourth-order valence-electron chi connectivity index (χ4n) is 4.39. The summed E-state index contributed by atoms with van der Waals surface area (Å²) in [6.45, 7) is 3.87. The molecule has 1 N–H and O–H groups in total. The number of hydrogen-bond acceptors (Lipinski definition) is 6. The lowest BCUT2D eigenvalue weighted by Gasteiger charge is -2.33. The number of ether oxygens (including phenoxy) is 2. The zero-order chi connectivity index (χ0) is 30.7. The molecule has 226 valence electrons. The van der Waals surface area contributed by atoms with E-state index in [4.69, 9.17) is 21.1 Å². The van der Waals surface area contributed by atoms with Crippen molar-refractivity contribution in [3.63, 3.8) is 0 Å². The molecule has 0 bridgehead atoms. The predicted octanol–water partition coefficient (Wildman–Crippen LogP) is 5.28. The van der Waals surface area contributed by atoms with Crippen LogP contribution in [0.25, 0.3) is 0 Å². The van der Waals surface area contributed by atoms with Gasteiger partial charge in [-0.2, -0.15) is 0 Å². The number of halogens is 1. The van der Waals surface area contributed by atoms with Crippen LogP contribution in [0.5, 0.6) is 11.5 Å². The van der Waals surface area contributed by atoms with Crippen molar-refractivity contribution in [3.8, 4) is 11.5 Å². The Bertz CT molecular complexity index is 1430. The number of amides is 2. The van der Waals surface area contributed by atoms with Gasteiger partial charge in [0.05, 0.1) is 24.8 Å². The van der Waals surface area contributed by atoms with E-state index in [9.17, 15) is 18.0 Å². The van der Waals surface area contributed by atoms with Crippen LogP contribution in [-0.2, 0) is 26.2 Å². The summed E-state index contributed by atoms with van der Waals surface area (Å²) in [5, 5.41) is 3.23. The third kappa shape index (κ3) is 8.39. The molecule has 1 atom stereocenters. The van der Waals surface area contributed by atoms with E-state index in [1.165, 1.54) is 42.3 Å². The van der Waals surface area contributed by atoms with Crippen molar-refractivity contribution < 1.29 is 27.5 Å². The van der Waals surface area contributed by atoms with Gasteiger partial charge in [0.15, 0.2) is 0 Å². The molecule has 3 rings (SSSR count). The zero-order valence-corrected chi connectivity index (χ0v) is 26.0. The van der Waals surface area contributed by atoms with Gasteiger partial charge >= 0.3 is 0 Å². The van der Waals surface area contributed by atoms with Crippen molar-refractivity contribution in [2.75, 3.05) is 31.6 Å². The Hall–Kier alpha value is -3.76. The number of carbonyl (C=O) groups is 2. The molecule has 0 aliphatic carbocycles. The number of nitrogens with zero attached hydrogens (tertiary/aromatic N) is 2. The second-order valence-electron chi connectivity index (χ2n) is 9.61. The van der Waals surface area contributed by atoms with Gasteiger partial charge < -0.3 is 19.7 Å². The second-order valence-corrected chi connectivity index (χ2v) is 11.9. The number of unbranched alkanes of at least 4 members (excludes halogenated alkanes) is 1. The Morgan fingerprint density at radius 1 is 0.929 bits per heavy atom. The predicted molar refractivity (Wildman–Crippen MR) is 165 cm³/mol. The molecule has 0 aromatic heterocycles. The maximum atomic E-state index is 14.1. The zero-order valence-electron chi connectivity index (χ0n) is 24.4. The van der Waals surface area contributed by atoms with Crippen LogP contribution in [0.15, 0.2) is 77.7 Å². The van der Waals surface area contributed by atoms with Crippen LogP contribution in [-0.4, -0.2) is 58.5 Å². The smallest absolute Gasteiger partial charge is 0.264 e. The molecule has 42 heavy (non-hydrogen) atoms. The molecule has 0 spiro atoms. The van der Waals surface area contributed by atoms with E-state index in [1.807, 2.05) is 26.0 Å². The minimum Gasteiger partial charge on any atom is -0.497 e. The van der Waals surface area contributed by atoms with Gasteiger partial charge in [-0.05, 0) is 73.0 Å². The van der Waals surface area contributed by atoms with E-state index < -0.39 is 28.5 Å². The van der Waals surface area contributed by atoms with E-state index in [1.54, 1.807) is 37.4 Å². The Morgan fingerprint density at radius 3 is 2.10 bits per heavy atom. The molecule has 2 amide bonds. The van der Waals surface area contributed by atoms with E-state index in [2.05, 4.69) is 5.32 Å². The largest absolute Gasteiger partial charge is 0.497 e. The summed E-state index contributed by atoms with van der Waals surface area (Å²) in [6, 6.07) is 18.5. The topological polar surface area (TPSA) is 105 Å². The first-order valence-corrected chi connectivity index (χ1v) is 15.6. The van der Waals surface area contributed by atoms with Gasteiger partial charge in [-0.25, -0.2) is 8.42 Å². The van der Waals surface area contributed by atoms with Gasteiger partial charge in [0, 0.05) is 18.1 Å². The Balaban J connectivity index is 2.03. The third-order valence-electron chi connectivity index (χ3n) is 6.75. The summed E-state index contributed by atoms with van der Waals surface area (Å²) in [6.07, 6.45) is 2.04. The molecule has 0 saturated carbocycles. The fourth-order valence-corrected chi connectivity index (χ4v) is 5.98. The van der Waals surface area contributed by atoms with Crippen LogP contribution in [0.3, 0.4) is 0 Å². The number of sulfonamides is 1. The van der Waals surface area contributed by atoms with Gasteiger partial charge in [-0.1, -0.05) is 50.1 Å². The first kappa shape index (κ1) is 32.8. The fraction of sp³-hybridized carbons (Fsp3) is 0.355. The molecule has 11 heteroatoms. The average molecular weight is 616 g/mol. The monoisotopic (exact) mass is 615 g/mol. The number of rotatable bonds is 15. The lowest BCUT2D eigenvalue weighted by Crippen LogP contribution is -2.52. The number of benzene rings is 3. The maximum Gasteiger partial charge on any atom is 0.264 e. The van der Waals surface area contributed by atoms with Gasteiger partial charge in [0.1, 0.15) is 24.1 Å². The van der Waals surface area contributed by atoms with Crippen LogP contribution in [0, 0.1) is 0 Å². The molecule has 0 saturated heterocycles. The first-order chi connectivity index (χ1) is 20.1. The van der Waals surface area contributed by atoms with E-state index in [-0.39, 0.29) is 23.0 Å². The Morgan fingerprint density at radius 2 is 1.55 bits per heavy atom. The van der Waals surface area contributed by atoms with Crippen molar-refractivity contribution in [1.29, 1.82) is 0 Å². The van der Waals surface area contributed by atoms with Crippen LogP contribution in [0.4, 0.5) is 5.69 Å². The summed E-state index contributed by atoms with van der Waals surface area (Å²) in [5.74, 6) is 0.309. The van der Waals surface area contributed by atoms with E-state index >= 15 is 0 Å². The van der Waals surface area contributed by atoms with E-state index in [0.717, 1.165) is 22.7 Å². The maximum absolute atomic E-state index is 14.1. The average Bonchev–Trinajstić information content (AvgIpc) is 3.00. The number of hydrogen-bond donors (Lipinski definition) is 1. The molecule has 0 heterocycles. The summed E-state index contributed by atoms with van der Waals surface area (Å²) in [5.41, 5.74) is 0.979. The molecule has 0 aliphatic rings. The molecule has 9 nitrogen and oxygen atoms in total. The first-order valence-electron chi connectivity index (χ1n) is 13.8. The highest BCUT2D eigenvalue weighted by atomic mass is 35.5. The van der Waals surface area contributed by atoms with Crippen molar-refractivity contribution in [1.82, 2.24) is 10.2 Å². The highest BCUT2D eigenvalue weighted by Crippen LogP contribution is 2.28. The van der Waals surface area contributed by atoms with Crippen molar-refractivity contribution in [3.05, 3.63) is 83.4 Å². The third-order valence-corrected chi connectivity index (χ3v) is 8.77. The SMILES string of the molecule is CCCCNC(=O)[C@@H](CC)N(Cc1ccc(OC)cc1)C(=O)CN(c1cccc(Cl)c1)S(=O)(=O)c1ccc(OC)cc1. The summed E-state index contributed by atoms with van der Waals surface area (Å²) < 4.78 is 39.4. The van der Waals surface area contributed by atoms with Gasteiger partial charge in [-0.15, -0.1) is 0 Å². The summed E-state index contributed by atoms with van der Waals surface area (Å²) in [7, 11) is -1.17. The van der Waals surface area contributed by atoms with Crippen molar-refractivity contribution in [2.24, 2.45) is 0 Å². The normalized spacial score (nSPS) is 11.8. The Labute approximate surface area is 253 Å². The van der Waals surface area contributed by atoms with Gasteiger partial charge in [0.25, 0.3) is 10.0 Å².